The number of carbonyl (C=O) groups is 1. The number of nitrogens with two attached hydrogens (primary N) is 1. The number of hydrogen-bond donors (Lipinski definition) is 3. The number of fused-ring (bicyclic) bond motifs is 1. The lowest BCUT2D eigenvalue weighted by Crippen LogP contribution is -2.51. The summed E-state index contributed by atoms with van der Waals surface area (Å²) in [5.74, 6) is -0.746. The Balaban J connectivity index is 0.000000610. The van der Waals surface area contributed by atoms with Crippen LogP contribution < -0.4 is 15.7 Å². The molecular weight excluding hydrogens is 395 g/mol. The molecule has 4 rings (SSSR count). The van der Waals surface area contributed by atoms with E-state index in [1.165, 1.54) is 31.7 Å². The molecule has 31 heavy (non-hydrogen) atoms. The van der Waals surface area contributed by atoms with Crippen molar-refractivity contribution in [3.8, 4) is 5.75 Å². The van der Waals surface area contributed by atoms with Gasteiger partial charge in [0.15, 0.2) is 0 Å². The largest absolute Gasteiger partial charge is 0.570 e. The lowest BCUT2D eigenvalue weighted by atomic mass is 9.68. The van der Waals surface area contributed by atoms with Crippen LogP contribution in [0.2, 0.25) is 0 Å². The Kier molecular flexibility index (Phi) is 8.48. The molecule has 0 spiro atoms. The Morgan fingerprint density at radius 3 is 2.68 bits per heavy atom. The third kappa shape index (κ3) is 6.30. The molecule has 2 fully saturated rings. The maximum Gasteiger partial charge on any atom is 0.570 e. The smallest absolute Gasteiger partial charge is 0.536 e. The first kappa shape index (κ1) is 23.3. The molecule has 2 unspecified atom stereocenters. The van der Waals surface area contributed by atoms with Crippen LogP contribution in [-0.4, -0.2) is 55.1 Å². The summed E-state index contributed by atoms with van der Waals surface area (Å²) >= 11 is 0. The van der Waals surface area contributed by atoms with Crippen LogP contribution in [-0.2, 0) is 6.42 Å². The van der Waals surface area contributed by atoms with Crippen LogP contribution in [0.4, 0.5) is 0 Å². The number of hydrogen-bond acceptors (Lipinski definition) is 7. The highest BCUT2D eigenvalue weighted by Gasteiger charge is 2.39. The first-order valence-electron chi connectivity index (χ1n) is 11.2. The summed E-state index contributed by atoms with van der Waals surface area (Å²) in [7, 11) is -1.01. The second-order valence-electron chi connectivity index (χ2n) is 8.66. The van der Waals surface area contributed by atoms with Gasteiger partial charge in [-0.1, -0.05) is 49.5 Å². The van der Waals surface area contributed by atoms with Gasteiger partial charge in [0.25, 0.3) is 0 Å². The molecule has 0 radical (unpaired) electrons. The van der Waals surface area contributed by atoms with Gasteiger partial charge in [0.2, 0.25) is 0 Å². The Morgan fingerprint density at radius 2 is 2.06 bits per heavy atom. The van der Waals surface area contributed by atoms with Crippen molar-refractivity contribution in [2.75, 3.05) is 26.2 Å². The SMILES string of the molecule is C1CCC1.C=C(CN1CCCC(CN)C1)NC1Cc2cccc(C(=O)O)c2OB1N=O. The molecule has 2 aliphatic heterocycles. The van der Waals surface area contributed by atoms with Crippen LogP contribution >= 0.6 is 0 Å². The molecule has 0 aromatic heterocycles. The standard InChI is InChI=1S/C18H25BN4O4.C4H8/c1-12(10-23-7-3-4-13(9-20)11-23)21-16-8-14-5-2-6-15(18(24)25)17(14)27-19(16)22-26;1-2-4-3-1/h2,5-6,13,16,21H,1,3-4,7-11,20H2,(H,24,25);1-4H2. The maximum atomic E-state index is 11.4. The Morgan fingerprint density at radius 1 is 1.32 bits per heavy atom. The topological polar surface area (TPSA) is 117 Å². The molecule has 8 nitrogen and oxygen atoms in total. The summed E-state index contributed by atoms with van der Waals surface area (Å²) in [6.45, 7) is 7.38. The van der Waals surface area contributed by atoms with E-state index in [-0.39, 0.29) is 17.3 Å². The van der Waals surface area contributed by atoms with Gasteiger partial charge in [0.05, 0.1) is 11.5 Å². The minimum Gasteiger partial charge on any atom is -0.536 e. The number of nitrogens with one attached hydrogen (secondary N) is 1. The van der Waals surface area contributed by atoms with Crippen molar-refractivity contribution >= 4 is 13.0 Å². The molecule has 3 aliphatic rings. The summed E-state index contributed by atoms with van der Waals surface area (Å²) in [5.41, 5.74) is 7.35. The van der Waals surface area contributed by atoms with E-state index in [1.54, 1.807) is 12.1 Å². The van der Waals surface area contributed by atoms with Crippen LogP contribution in [0.15, 0.2) is 35.6 Å². The molecule has 0 amide bonds. The predicted molar refractivity (Wildman–Crippen MR) is 122 cm³/mol. The monoisotopic (exact) mass is 428 g/mol. The third-order valence-corrected chi connectivity index (χ3v) is 6.19. The number of nitrogens with zero attached hydrogens (tertiary/aromatic N) is 2. The van der Waals surface area contributed by atoms with Crippen molar-refractivity contribution in [1.82, 2.24) is 10.2 Å². The van der Waals surface area contributed by atoms with Crippen LogP contribution in [0.5, 0.6) is 5.75 Å². The van der Waals surface area contributed by atoms with Crippen molar-refractivity contribution in [2.45, 2.75) is 50.9 Å². The highest BCUT2D eigenvalue weighted by molar-refractivity contribution is 6.53. The first-order valence-corrected chi connectivity index (χ1v) is 11.2. The van der Waals surface area contributed by atoms with Crippen LogP contribution in [0.1, 0.15) is 54.4 Å². The Labute approximate surface area is 184 Å². The molecule has 168 valence electrons. The van der Waals surface area contributed by atoms with Crippen LogP contribution in [0.25, 0.3) is 0 Å². The zero-order valence-electron chi connectivity index (χ0n) is 18.1. The molecule has 9 heteroatoms. The normalized spacial score (nSPS) is 22.7. The molecule has 2 atom stereocenters. The minimum atomic E-state index is -1.09. The van der Waals surface area contributed by atoms with Gasteiger partial charge in [-0.15, -0.1) is 0 Å². The van der Waals surface area contributed by atoms with Gasteiger partial charge >= 0.3 is 13.0 Å². The fourth-order valence-electron chi connectivity index (χ4n) is 4.13. The molecule has 1 aromatic rings. The highest BCUT2D eigenvalue weighted by Crippen LogP contribution is 2.31. The number of piperidine rings is 1. The number of nitroso groups, excluding NO2 is 1. The lowest BCUT2D eigenvalue weighted by molar-refractivity contribution is 0.0694. The van der Waals surface area contributed by atoms with E-state index in [1.807, 2.05) is 0 Å². The van der Waals surface area contributed by atoms with Crippen molar-refractivity contribution in [2.24, 2.45) is 16.7 Å². The average Bonchev–Trinajstić information content (AvgIpc) is 2.71. The van der Waals surface area contributed by atoms with E-state index in [0.717, 1.165) is 37.2 Å². The van der Waals surface area contributed by atoms with Crippen LogP contribution in [0.3, 0.4) is 0 Å². The zero-order chi connectivity index (χ0) is 22.2. The number of carboxylic acid groups (broad SMARTS) is 1. The molecule has 1 aliphatic carbocycles. The van der Waals surface area contributed by atoms with Crippen molar-refractivity contribution < 1.29 is 14.6 Å². The fourth-order valence-corrected chi connectivity index (χ4v) is 4.13. The molecule has 1 aromatic carbocycles. The number of rotatable bonds is 7. The maximum absolute atomic E-state index is 11.4. The van der Waals surface area contributed by atoms with E-state index in [2.05, 4.69) is 21.9 Å². The quantitative estimate of drug-likeness (QED) is 0.452. The summed E-state index contributed by atoms with van der Waals surface area (Å²) < 4.78 is 5.62. The van der Waals surface area contributed by atoms with Crippen molar-refractivity contribution in [3.05, 3.63) is 46.5 Å². The van der Waals surface area contributed by atoms with E-state index in [4.69, 9.17) is 10.4 Å². The van der Waals surface area contributed by atoms with Gasteiger partial charge in [-0.3, -0.25) is 4.90 Å². The second-order valence-corrected chi connectivity index (χ2v) is 8.66. The van der Waals surface area contributed by atoms with Gasteiger partial charge in [-0.25, -0.2) is 4.79 Å². The zero-order valence-corrected chi connectivity index (χ0v) is 18.1. The second kappa shape index (κ2) is 11.3. The van der Waals surface area contributed by atoms with Crippen LogP contribution in [0, 0.1) is 10.8 Å². The van der Waals surface area contributed by atoms with E-state index >= 15 is 0 Å². The first-order chi connectivity index (χ1) is 15.0. The van der Waals surface area contributed by atoms with Gasteiger partial charge in [-0.2, -0.15) is 4.91 Å². The molecule has 0 bridgehead atoms. The molecule has 4 N–H and O–H groups in total. The van der Waals surface area contributed by atoms with Crippen molar-refractivity contribution in [1.29, 1.82) is 0 Å². The summed E-state index contributed by atoms with van der Waals surface area (Å²) in [6.07, 6.45) is 8.71. The third-order valence-electron chi connectivity index (χ3n) is 6.19. The van der Waals surface area contributed by atoms with Crippen molar-refractivity contribution in [3.63, 3.8) is 0 Å². The van der Waals surface area contributed by atoms with Gasteiger partial charge in [-0.05, 0) is 49.9 Å². The van der Waals surface area contributed by atoms with E-state index in [0.29, 0.717) is 25.4 Å². The Bertz CT molecular complexity index is 783. The van der Waals surface area contributed by atoms with Gasteiger partial charge < -0.3 is 20.8 Å². The molecular formula is C22H33BN4O4. The predicted octanol–water partition coefficient (Wildman–Crippen LogP) is 2.82. The molecule has 1 saturated carbocycles. The lowest BCUT2D eigenvalue weighted by Gasteiger charge is -2.34. The summed E-state index contributed by atoms with van der Waals surface area (Å²) in [4.78, 5) is 25.0. The number of likely N-dealkylation sites (tertiary alicyclic amines) is 1. The molecule has 2 heterocycles. The van der Waals surface area contributed by atoms with Gasteiger partial charge in [0, 0.05) is 18.8 Å². The minimum absolute atomic E-state index is 0.0413. The fraction of sp³-hybridized carbons (Fsp3) is 0.591. The Hall–Kier alpha value is -2.39. The number of para-hydroxylation sites is 1. The van der Waals surface area contributed by atoms with E-state index in [9.17, 15) is 14.8 Å². The van der Waals surface area contributed by atoms with E-state index < -0.39 is 13.0 Å². The summed E-state index contributed by atoms with van der Waals surface area (Å²) in [5, 5.41) is 15.6. The number of carboxylic acids is 1. The highest BCUT2D eigenvalue weighted by atomic mass is 16.5. The number of aromatic carboxylic acids is 1. The summed E-state index contributed by atoms with van der Waals surface area (Å²) in [6, 6.07) is 4.93. The van der Waals surface area contributed by atoms with Gasteiger partial charge in [0.1, 0.15) is 5.75 Å². The molecule has 1 saturated heterocycles. The average molecular weight is 428 g/mol. The number of benzene rings is 1.